The van der Waals surface area contributed by atoms with Gasteiger partial charge in [0.05, 0.1) is 5.69 Å². The first-order valence-corrected chi connectivity index (χ1v) is 44.0. The van der Waals surface area contributed by atoms with E-state index in [9.17, 15) is 0 Å². The number of aryl methyl sites for hydroxylation is 4. The maximum Gasteiger partial charge on any atom is 0.251 e. The molecule has 5 nitrogen and oxygen atoms in total. The molecule has 16 aromatic carbocycles. The molecule has 0 saturated heterocycles. The molecule has 536 valence electrons. The Morgan fingerprint density at radius 1 is 0.257 bits per heavy atom. The van der Waals surface area contributed by atoms with E-state index in [1.54, 1.807) is 0 Å². The molecule has 16 aromatic rings. The van der Waals surface area contributed by atoms with Crippen molar-refractivity contribution in [2.75, 3.05) is 24.5 Å². The van der Waals surface area contributed by atoms with Crippen molar-refractivity contribution in [1.29, 1.82) is 0 Å². The van der Waals surface area contributed by atoms with Crippen molar-refractivity contribution in [3.05, 3.63) is 403 Å². The summed E-state index contributed by atoms with van der Waals surface area (Å²) in [4.78, 5) is 13.1. The van der Waals surface area contributed by atoms with E-state index in [1.807, 2.05) is 0 Å². The fourth-order valence-electron chi connectivity index (χ4n) is 21.3. The minimum absolute atomic E-state index is 0.0336. The van der Waals surface area contributed by atoms with Crippen LogP contribution in [0.5, 0.6) is 0 Å². The van der Waals surface area contributed by atoms with Gasteiger partial charge in [-0.3, -0.25) is 0 Å². The summed E-state index contributed by atoms with van der Waals surface area (Å²) < 4.78 is 0. The van der Waals surface area contributed by atoms with E-state index in [0.717, 1.165) is 46.2 Å². The van der Waals surface area contributed by atoms with Gasteiger partial charge in [-0.1, -0.05) is 263 Å². The summed E-state index contributed by atoms with van der Waals surface area (Å²) in [6.45, 7) is 14.3. The molecule has 0 N–H and O–H groups in total. The Morgan fingerprint density at radius 2 is 0.522 bits per heavy atom. The predicted octanol–water partition coefficient (Wildman–Crippen LogP) is 16.5. The second-order valence-corrected chi connectivity index (χ2v) is 40.2. The van der Waals surface area contributed by atoms with Crippen molar-refractivity contribution in [1.82, 2.24) is 0 Å². The fraction of sp³-hybridized carbons (Fsp3) is 0.0769. The lowest BCUT2D eigenvalue weighted by Gasteiger charge is -2.52. The van der Waals surface area contributed by atoms with Gasteiger partial charge in [0, 0.05) is 79.6 Å². The van der Waals surface area contributed by atoms with Crippen molar-refractivity contribution in [2.45, 2.75) is 53.4 Å². The van der Waals surface area contributed by atoms with Gasteiger partial charge in [0.25, 0.3) is 13.4 Å². The Bertz CT molecular complexity index is 6180. The Labute approximate surface area is 665 Å². The van der Waals surface area contributed by atoms with Gasteiger partial charge in [-0.15, -0.1) is 0 Å². The molecule has 113 heavy (non-hydrogen) atoms. The van der Waals surface area contributed by atoms with E-state index in [4.69, 9.17) is 0 Å². The number of nitrogens with zero attached hydrogens (tertiary/aromatic N) is 5. The Balaban J connectivity index is 0.771. The van der Waals surface area contributed by atoms with E-state index in [0.29, 0.717) is 0 Å². The Kier molecular flexibility index (Phi) is 15.2. The monoisotopic (exact) mass is 1480 g/mol. The number of hydrogen-bond donors (Lipinski definition) is 0. The maximum absolute atomic E-state index is 3.41. The van der Waals surface area contributed by atoms with Crippen molar-refractivity contribution in [3.63, 3.8) is 0 Å². The highest BCUT2D eigenvalue weighted by Crippen LogP contribution is 2.51. The molecule has 0 atom stereocenters. The van der Waals surface area contributed by atoms with E-state index >= 15 is 0 Å². The lowest BCUT2D eigenvalue weighted by atomic mass is 9.33. The normalized spacial score (nSPS) is 14.4. The lowest BCUT2D eigenvalue weighted by molar-refractivity contribution is 0.523. The summed E-state index contributed by atoms with van der Waals surface area (Å²) in [6, 6.07) is 143. The molecule has 0 fully saturated rings. The molecule has 9 heteroatoms. The molecule has 0 spiro atoms. The highest BCUT2D eigenvalue weighted by molar-refractivity contribution is 7.28. The van der Waals surface area contributed by atoms with Crippen LogP contribution >= 0.6 is 0 Å². The standard InChI is InChI=1S/C104H81B2N5Si2/c1-69-55-86-100-94(59-69)112(82-48-28-13-29-49-82,83-50-30-14-31-51-83)95-60-70(2)56-87-101(95)105(100)98-90(108(86)77-40-20-9-21-41-77)64-74(65-91(98)109(87)78-42-22-10-23-43-78)104(5,6)68-73-35-34-54-85(63-73)113(84-52-32-15-33-53-84)96-61-71(3)57-88-102(96)106-99-92(110(88)79-44-24-11-25-45-79)66-81(107(75-36-16-7-17-37-75)76-38-18-8-19-39-76)67-93(99)111(80-46-26-12-27-47-80)89-58-72(4)62-97(113)103(89)106/h7-67H,68H2,1-6H3. The molecule has 6 aliphatic heterocycles. The van der Waals surface area contributed by atoms with Crippen LogP contribution in [0.1, 0.15) is 47.2 Å². The Morgan fingerprint density at radius 3 is 0.841 bits per heavy atom. The first-order chi connectivity index (χ1) is 55.4. The highest BCUT2D eigenvalue weighted by atomic mass is 28.3. The molecule has 0 radical (unpaired) electrons. The average Bonchev–Trinajstić information content (AvgIpc) is 0.665. The zero-order valence-corrected chi connectivity index (χ0v) is 66.3. The van der Waals surface area contributed by atoms with Gasteiger partial charge >= 0.3 is 0 Å². The van der Waals surface area contributed by atoms with Gasteiger partial charge in [0.15, 0.2) is 16.1 Å². The van der Waals surface area contributed by atoms with Crippen LogP contribution in [-0.4, -0.2) is 29.6 Å². The van der Waals surface area contributed by atoms with Crippen molar-refractivity contribution in [2.24, 2.45) is 0 Å². The minimum atomic E-state index is -3.41. The van der Waals surface area contributed by atoms with Gasteiger partial charge < -0.3 is 24.5 Å². The maximum atomic E-state index is 2.68. The first kappa shape index (κ1) is 67.0. The van der Waals surface area contributed by atoms with Crippen molar-refractivity contribution >= 4 is 189 Å². The topological polar surface area (TPSA) is 16.2 Å². The molecular formula is C104H81B2N5Si2. The minimum Gasteiger partial charge on any atom is -0.311 e. The quantitative estimate of drug-likeness (QED) is 0.101. The van der Waals surface area contributed by atoms with Crippen LogP contribution in [0.2, 0.25) is 0 Å². The smallest absolute Gasteiger partial charge is 0.251 e. The van der Waals surface area contributed by atoms with Crippen molar-refractivity contribution in [3.8, 4) is 0 Å². The first-order valence-electron chi connectivity index (χ1n) is 40.0. The number of anilines is 15. The van der Waals surface area contributed by atoms with Crippen LogP contribution in [0.15, 0.2) is 370 Å². The second-order valence-electron chi connectivity index (χ2n) is 32.7. The molecule has 6 heterocycles. The summed E-state index contributed by atoms with van der Waals surface area (Å²) in [5, 5.41) is 11.5. The second kappa shape index (κ2) is 25.6. The Hall–Kier alpha value is -12.9. The van der Waals surface area contributed by atoms with Crippen LogP contribution < -0.4 is 98.8 Å². The molecule has 6 aliphatic rings. The zero-order chi connectivity index (χ0) is 75.6. The lowest BCUT2D eigenvalue weighted by Crippen LogP contribution is -2.88. The largest absolute Gasteiger partial charge is 0.311 e. The summed E-state index contributed by atoms with van der Waals surface area (Å²) in [5.41, 5.74) is 33.3. The SMILES string of the molecule is Cc1cc2c3c(c1)[Si](c1ccccc1)(c1cccc(CC(C)(C)c4cc5c6c(c4)N(c4ccccc4)c4cc(C)cc7c4B6c4c(cc(C)cc4[Si]7(c4ccccc4)c4ccccc4)N5c4ccccc4)c1)c1cc(C)cc4c1B3c1c(cc(N(c3ccccc3)c3ccccc3)cc1N4c1ccccc1)N2c1ccccc1. The number of benzene rings is 16. The summed E-state index contributed by atoms with van der Waals surface area (Å²) >= 11 is 0. The third-order valence-corrected chi connectivity index (χ3v) is 35.2. The van der Waals surface area contributed by atoms with Crippen LogP contribution in [0, 0.1) is 27.7 Å². The van der Waals surface area contributed by atoms with Crippen LogP contribution in [0.3, 0.4) is 0 Å². The summed E-state index contributed by atoms with van der Waals surface area (Å²) in [6.07, 6.45) is 0.784. The van der Waals surface area contributed by atoms with Crippen LogP contribution in [0.4, 0.5) is 85.3 Å². The molecule has 22 rings (SSSR count). The highest BCUT2D eigenvalue weighted by Gasteiger charge is 2.59. The number of rotatable bonds is 14. The number of para-hydroxylation sites is 6. The van der Waals surface area contributed by atoms with Crippen LogP contribution in [-0.2, 0) is 11.8 Å². The zero-order valence-electron chi connectivity index (χ0n) is 64.3. The van der Waals surface area contributed by atoms with Crippen molar-refractivity contribution < 1.29 is 0 Å². The molecule has 0 amide bonds. The molecule has 0 aromatic heterocycles. The summed E-state index contributed by atoms with van der Waals surface area (Å²) in [5.74, 6) is 0. The van der Waals surface area contributed by atoms with Gasteiger partial charge in [-0.2, -0.15) is 0 Å². The third-order valence-electron chi connectivity index (χ3n) is 25.5. The van der Waals surface area contributed by atoms with Gasteiger partial charge in [-0.25, -0.2) is 0 Å². The number of hydrogen-bond acceptors (Lipinski definition) is 5. The van der Waals surface area contributed by atoms with Crippen LogP contribution in [0.25, 0.3) is 0 Å². The van der Waals surface area contributed by atoms with E-state index in [2.05, 4.69) is 436 Å². The molecule has 0 aliphatic carbocycles. The van der Waals surface area contributed by atoms with Gasteiger partial charge in [-0.05, 0) is 269 Å². The third kappa shape index (κ3) is 9.84. The van der Waals surface area contributed by atoms with Gasteiger partial charge in [0.2, 0.25) is 0 Å². The van der Waals surface area contributed by atoms with E-state index in [1.165, 1.54) is 153 Å². The average molecular weight is 1480 g/mol. The predicted molar refractivity (Wildman–Crippen MR) is 486 cm³/mol. The molecule has 0 unspecified atom stereocenters. The van der Waals surface area contributed by atoms with E-state index < -0.39 is 21.6 Å². The summed E-state index contributed by atoms with van der Waals surface area (Å²) in [7, 11) is -6.50. The molecule has 0 bridgehead atoms. The molecular weight excluding hydrogens is 1400 g/mol. The van der Waals surface area contributed by atoms with E-state index in [-0.39, 0.29) is 13.4 Å². The fourth-order valence-corrected chi connectivity index (χ4v) is 32.3. The molecule has 0 saturated carbocycles. The van der Waals surface area contributed by atoms with Gasteiger partial charge in [0.1, 0.15) is 0 Å².